The smallest absolute Gasteiger partial charge is 0.258 e. The summed E-state index contributed by atoms with van der Waals surface area (Å²) in [7, 11) is -3.43. The Morgan fingerprint density at radius 1 is 1.16 bits per heavy atom. The minimum absolute atomic E-state index is 0.293. The van der Waals surface area contributed by atoms with E-state index in [1.54, 1.807) is 18.2 Å². The van der Waals surface area contributed by atoms with Gasteiger partial charge in [0.15, 0.2) is 0 Å². The van der Waals surface area contributed by atoms with Crippen LogP contribution >= 0.6 is 0 Å². The van der Waals surface area contributed by atoms with Gasteiger partial charge >= 0.3 is 0 Å². The average molecular weight is 366 g/mol. The Kier molecular flexibility index (Phi) is 4.47. The van der Waals surface area contributed by atoms with Crippen LogP contribution in [0.4, 0.5) is 20.2 Å². The van der Waals surface area contributed by atoms with Crippen molar-refractivity contribution < 1.29 is 22.0 Å². The number of hydrogen-bond acceptors (Lipinski definition) is 3. The fourth-order valence-electron chi connectivity index (χ4n) is 2.84. The summed E-state index contributed by atoms with van der Waals surface area (Å²) in [6.45, 7) is 0.371. The van der Waals surface area contributed by atoms with Gasteiger partial charge in [-0.05, 0) is 42.7 Å². The number of benzene rings is 2. The topological polar surface area (TPSA) is 66.5 Å². The third-order valence-corrected chi connectivity index (χ3v) is 5.18. The normalized spacial score (nSPS) is 14.1. The van der Waals surface area contributed by atoms with Crippen molar-refractivity contribution in [2.24, 2.45) is 0 Å². The minimum atomic E-state index is -3.43. The summed E-state index contributed by atoms with van der Waals surface area (Å²) < 4.78 is 51.8. The molecule has 0 saturated carbocycles. The first-order valence-corrected chi connectivity index (χ1v) is 9.47. The summed E-state index contributed by atoms with van der Waals surface area (Å²) in [5.74, 6) is -2.47. The van der Waals surface area contributed by atoms with Crippen molar-refractivity contribution in [3.8, 4) is 0 Å². The van der Waals surface area contributed by atoms with Crippen molar-refractivity contribution in [2.45, 2.75) is 12.8 Å². The first-order chi connectivity index (χ1) is 11.8. The summed E-state index contributed by atoms with van der Waals surface area (Å²) >= 11 is 0. The van der Waals surface area contributed by atoms with E-state index in [4.69, 9.17) is 0 Å². The van der Waals surface area contributed by atoms with Crippen LogP contribution in [0.3, 0.4) is 0 Å². The van der Waals surface area contributed by atoms with Crippen LogP contribution in [0, 0.1) is 11.6 Å². The van der Waals surface area contributed by atoms with Crippen molar-refractivity contribution >= 4 is 27.3 Å². The highest BCUT2D eigenvalue weighted by atomic mass is 32.2. The van der Waals surface area contributed by atoms with Crippen LogP contribution in [-0.4, -0.2) is 27.1 Å². The van der Waals surface area contributed by atoms with E-state index in [1.165, 1.54) is 4.31 Å². The third kappa shape index (κ3) is 3.63. The highest BCUT2D eigenvalue weighted by Gasteiger charge is 2.24. The van der Waals surface area contributed by atoms with Gasteiger partial charge < -0.3 is 5.32 Å². The quantitative estimate of drug-likeness (QED) is 0.908. The second-order valence-electron chi connectivity index (χ2n) is 5.86. The predicted molar refractivity (Wildman–Crippen MR) is 91.3 cm³/mol. The largest absolute Gasteiger partial charge is 0.322 e. The molecule has 1 aliphatic rings. The molecule has 2 aromatic carbocycles. The van der Waals surface area contributed by atoms with Gasteiger partial charge in [0.05, 0.1) is 17.5 Å². The van der Waals surface area contributed by atoms with Crippen molar-refractivity contribution in [2.75, 3.05) is 22.4 Å². The number of carbonyl (C=O) groups is 1. The van der Waals surface area contributed by atoms with Crippen molar-refractivity contribution in [3.63, 3.8) is 0 Å². The minimum Gasteiger partial charge on any atom is -0.322 e. The van der Waals surface area contributed by atoms with Crippen molar-refractivity contribution in [1.29, 1.82) is 0 Å². The number of sulfonamides is 1. The zero-order valence-electron chi connectivity index (χ0n) is 13.4. The summed E-state index contributed by atoms with van der Waals surface area (Å²) in [6.07, 6.45) is 2.58. The number of rotatable bonds is 3. The SMILES string of the molecule is CS(=O)(=O)N1CCCc2ccc(NC(=O)c3ccc(F)cc3F)cc21. The molecule has 8 heteroatoms. The molecule has 1 amide bonds. The maximum absolute atomic E-state index is 13.7. The number of nitrogens with one attached hydrogen (secondary N) is 1. The molecule has 0 aliphatic carbocycles. The number of fused-ring (bicyclic) bond motifs is 1. The fourth-order valence-corrected chi connectivity index (χ4v) is 3.82. The van der Waals surface area contributed by atoms with E-state index in [0.717, 1.165) is 30.4 Å². The molecule has 0 spiro atoms. The standard InChI is InChI=1S/C17H16F2N2O3S/c1-25(23,24)21-8-2-3-11-4-6-13(10-16(11)21)20-17(22)14-7-5-12(18)9-15(14)19/h4-7,9-10H,2-3,8H2,1H3,(H,20,22). The number of aryl methyl sites for hydroxylation is 1. The molecule has 1 aliphatic heterocycles. The Labute approximate surface area is 144 Å². The molecule has 2 aromatic rings. The Balaban J connectivity index is 1.90. The van der Waals surface area contributed by atoms with Crippen LogP contribution < -0.4 is 9.62 Å². The van der Waals surface area contributed by atoms with E-state index in [9.17, 15) is 22.0 Å². The molecule has 0 aromatic heterocycles. The predicted octanol–water partition coefficient (Wildman–Crippen LogP) is 2.93. The average Bonchev–Trinajstić information content (AvgIpc) is 2.53. The van der Waals surface area contributed by atoms with Gasteiger partial charge in [-0.25, -0.2) is 17.2 Å². The zero-order valence-corrected chi connectivity index (χ0v) is 14.2. The molecule has 0 fully saturated rings. The molecule has 5 nitrogen and oxygen atoms in total. The molecular weight excluding hydrogens is 350 g/mol. The number of amides is 1. The number of carbonyl (C=O) groups excluding carboxylic acids is 1. The highest BCUT2D eigenvalue weighted by Crippen LogP contribution is 2.31. The van der Waals surface area contributed by atoms with E-state index >= 15 is 0 Å². The van der Waals surface area contributed by atoms with Crippen molar-refractivity contribution in [3.05, 3.63) is 59.2 Å². The van der Waals surface area contributed by atoms with Gasteiger partial charge in [0.2, 0.25) is 10.0 Å². The van der Waals surface area contributed by atoms with E-state index < -0.39 is 27.6 Å². The van der Waals surface area contributed by atoms with Gasteiger partial charge in [-0.15, -0.1) is 0 Å². The molecule has 3 rings (SSSR count). The monoisotopic (exact) mass is 366 g/mol. The Morgan fingerprint density at radius 3 is 2.60 bits per heavy atom. The maximum Gasteiger partial charge on any atom is 0.258 e. The molecule has 0 bridgehead atoms. The third-order valence-electron chi connectivity index (χ3n) is 4.00. The van der Waals surface area contributed by atoms with Gasteiger partial charge in [-0.3, -0.25) is 9.10 Å². The van der Waals surface area contributed by atoms with Crippen LogP contribution in [0.25, 0.3) is 0 Å². The Hall–Kier alpha value is -2.48. The summed E-state index contributed by atoms with van der Waals surface area (Å²) in [4.78, 5) is 12.2. The fraction of sp³-hybridized carbons (Fsp3) is 0.235. The molecule has 0 unspecified atom stereocenters. The van der Waals surface area contributed by atoms with Gasteiger partial charge in [0, 0.05) is 18.3 Å². The summed E-state index contributed by atoms with van der Waals surface area (Å²) in [6, 6.07) is 7.60. The van der Waals surface area contributed by atoms with Crippen LogP contribution in [0.5, 0.6) is 0 Å². The number of halogens is 2. The Bertz CT molecular complexity index is 945. The number of nitrogens with zero attached hydrogens (tertiary/aromatic N) is 1. The Morgan fingerprint density at radius 2 is 1.92 bits per heavy atom. The van der Waals surface area contributed by atoms with E-state index in [0.29, 0.717) is 30.4 Å². The van der Waals surface area contributed by atoms with E-state index in [-0.39, 0.29) is 5.56 Å². The molecule has 0 radical (unpaired) electrons. The van der Waals surface area contributed by atoms with Gasteiger partial charge in [0.25, 0.3) is 5.91 Å². The lowest BCUT2D eigenvalue weighted by Crippen LogP contribution is -2.34. The number of anilines is 2. The summed E-state index contributed by atoms with van der Waals surface area (Å²) in [5.41, 5.74) is 1.41. The number of hydrogen-bond donors (Lipinski definition) is 1. The molecular formula is C17H16F2N2O3S. The van der Waals surface area contributed by atoms with Crippen LogP contribution in [0.1, 0.15) is 22.3 Å². The molecule has 25 heavy (non-hydrogen) atoms. The van der Waals surface area contributed by atoms with Gasteiger partial charge in [-0.2, -0.15) is 0 Å². The highest BCUT2D eigenvalue weighted by molar-refractivity contribution is 7.92. The zero-order chi connectivity index (χ0) is 18.2. The first kappa shape index (κ1) is 17.3. The lowest BCUT2D eigenvalue weighted by molar-refractivity contribution is 0.102. The first-order valence-electron chi connectivity index (χ1n) is 7.63. The lowest BCUT2D eigenvalue weighted by Gasteiger charge is -2.29. The van der Waals surface area contributed by atoms with Gasteiger partial charge in [-0.1, -0.05) is 6.07 Å². The molecule has 0 atom stereocenters. The van der Waals surface area contributed by atoms with Crippen LogP contribution in [0.2, 0.25) is 0 Å². The molecule has 132 valence electrons. The second-order valence-corrected chi connectivity index (χ2v) is 7.77. The van der Waals surface area contributed by atoms with Gasteiger partial charge in [0.1, 0.15) is 11.6 Å². The lowest BCUT2D eigenvalue weighted by atomic mass is 10.0. The molecule has 1 N–H and O–H groups in total. The van der Waals surface area contributed by atoms with E-state index in [2.05, 4.69) is 5.32 Å². The van der Waals surface area contributed by atoms with Crippen molar-refractivity contribution in [1.82, 2.24) is 0 Å². The second kappa shape index (κ2) is 6.44. The van der Waals surface area contributed by atoms with E-state index in [1.807, 2.05) is 0 Å². The van der Waals surface area contributed by atoms with Crippen LogP contribution in [-0.2, 0) is 16.4 Å². The molecule has 0 saturated heterocycles. The summed E-state index contributed by atoms with van der Waals surface area (Å²) in [5, 5.41) is 2.52. The maximum atomic E-state index is 13.7. The molecule has 1 heterocycles. The van der Waals surface area contributed by atoms with Crippen LogP contribution in [0.15, 0.2) is 36.4 Å².